The maximum Gasteiger partial charge on any atom is 0.271 e. The molecule has 94 valence electrons. The molecule has 2 rings (SSSR count). The number of hydrogen-bond donors (Lipinski definition) is 2. The predicted octanol–water partition coefficient (Wildman–Crippen LogP) is 0.636. The minimum absolute atomic E-state index is 0.243. The van der Waals surface area contributed by atoms with Crippen LogP contribution >= 0.6 is 0 Å². The highest BCUT2D eigenvalue weighted by Crippen LogP contribution is 2.09. The highest BCUT2D eigenvalue weighted by molar-refractivity contribution is 5.97. The van der Waals surface area contributed by atoms with Crippen LogP contribution in [0.1, 0.15) is 21.7 Å². The fourth-order valence-electron chi connectivity index (χ4n) is 1.60. The number of aryl methyl sites for hydroxylation is 2. The van der Waals surface area contributed by atoms with Gasteiger partial charge in [0, 0.05) is 25.5 Å². The molecule has 0 aliphatic carbocycles. The number of rotatable bonds is 3. The Bertz CT molecular complexity index is 539. The first-order chi connectivity index (χ1) is 8.58. The maximum absolute atomic E-state index is 11.9. The fourth-order valence-corrected chi connectivity index (χ4v) is 1.60. The molecule has 0 unspecified atom stereocenters. The molecule has 1 amide bonds. The van der Waals surface area contributed by atoms with Crippen LogP contribution in [0.3, 0.4) is 0 Å². The van der Waals surface area contributed by atoms with Gasteiger partial charge < -0.3 is 11.1 Å². The molecular formula is C12H15N5O. The summed E-state index contributed by atoms with van der Waals surface area (Å²) >= 11 is 0. The number of amides is 1. The van der Waals surface area contributed by atoms with E-state index in [9.17, 15) is 4.79 Å². The first-order valence-electron chi connectivity index (χ1n) is 5.55. The first-order valence-corrected chi connectivity index (χ1v) is 5.55. The summed E-state index contributed by atoms with van der Waals surface area (Å²) in [5.74, 6) is -0.243. The SMILES string of the molecule is Cc1ccc(CNC(=O)c2c(N)cnn2C)cn1. The van der Waals surface area contributed by atoms with Crippen molar-refractivity contribution >= 4 is 11.6 Å². The zero-order valence-electron chi connectivity index (χ0n) is 10.3. The molecule has 3 N–H and O–H groups in total. The second-order valence-electron chi connectivity index (χ2n) is 4.06. The number of nitrogens with two attached hydrogens (primary N) is 1. The smallest absolute Gasteiger partial charge is 0.271 e. The standard InChI is InChI=1S/C12H15N5O/c1-8-3-4-9(5-14-8)6-15-12(18)11-10(13)7-16-17(11)2/h3-5,7H,6,13H2,1-2H3,(H,15,18). The van der Waals surface area contributed by atoms with Gasteiger partial charge in [0.15, 0.2) is 0 Å². The topological polar surface area (TPSA) is 85.8 Å². The van der Waals surface area contributed by atoms with Crippen LogP contribution in [-0.2, 0) is 13.6 Å². The zero-order chi connectivity index (χ0) is 13.1. The fraction of sp³-hybridized carbons (Fsp3) is 0.250. The van der Waals surface area contributed by atoms with E-state index in [1.165, 1.54) is 10.9 Å². The van der Waals surface area contributed by atoms with Crippen molar-refractivity contribution in [1.82, 2.24) is 20.1 Å². The molecule has 0 radical (unpaired) electrons. The molecule has 2 aromatic rings. The van der Waals surface area contributed by atoms with Gasteiger partial charge in [0.1, 0.15) is 5.69 Å². The van der Waals surface area contributed by atoms with Crippen molar-refractivity contribution in [2.45, 2.75) is 13.5 Å². The molecular weight excluding hydrogens is 230 g/mol. The molecule has 6 nitrogen and oxygen atoms in total. The average molecular weight is 245 g/mol. The van der Waals surface area contributed by atoms with Crippen molar-refractivity contribution in [3.63, 3.8) is 0 Å². The van der Waals surface area contributed by atoms with Crippen molar-refractivity contribution in [2.75, 3.05) is 5.73 Å². The Morgan fingerprint density at radius 1 is 1.44 bits per heavy atom. The monoisotopic (exact) mass is 245 g/mol. The van der Waals surface area contributed by atoms with Crippen LogP contribution < -0.4 is 11.1 Å². The van der Waals surface area contributed by atoms with E-state index < -0.39 is 0 Å². The summed E-state index contributed by atoms with van der Waals surface area (Å²) in [4.78, 5) is 16.1. The number of pyridine rings is 1. The lowest BCUT2D eigenvalue weighted by molar-refractivity contribution is 0.0942. The number of carbonyl (C=O) groups excluding carboxylic acids is 1. The van der Waals surface area contributed by atoms with E-state index in [0.29, 0.717) is 17.9 Å². The molecule has 2 aromatic heterocycles. The molecule has 0 aromatic carbocycles. The minimum atomic E-state index is -0.243. The summed E-state index contributed by atoms with van der Waals surface area (Å²) in [6, 6.07) is 3.83. The number of hydrogen-bond acceptors (Lipinski definition) is 4. The molecule has 0 atom stereocenters. The molecule has 6 heteroatoms. The Morgan fingerprint density at radius 3 is 2.78 bits per heavy atom. The normalized spacial score (nSPS) is 10.3. The van der Waals surface area contributed by atoms with E-state index in [0.717, 1.165) is 11.3 Å². The molecule has 0 spiro atoms. The van der Waals surface area contributed by atoms with Crippen molar-refractivity contribution < 1.29 is 4.79 Å². The van der Waals surface area contributed by atoms with Gasteiger partial charge in [-0.25, -0.2) is 0 Å². The van der Waals surface area contributed by atoms with Gasteiger partial charge in [-0.05, 0) is 18.6 Å². The number of nitrogens with zero attached hydrogens (tertiary/aromatic N) is 3. The summed E-state index contributed by atoms with van der Waals surface area (Å²) < 4.78 is 1.46. The van der Waals surface area contributed by atoms with E-state index >= 15 is 0 Å². The van der Waals surface area contributed by atoms with E-state index in [4.69, 9.17) is 5.73 Å². The summed E-state index contributed by atoms with van der Waals surface area (Å²) in [6.45, 7) is 2.33. The van der Waals surface area contributed by atoms with Gasteiger partial charge in [0.25, 0.3) is 5.91 Å². The van der Waals surface area contributed by atoms with E-state index in [2.05, 4.69) is 15.4 Å². The van der Waals surface area contributed by atoms with Crippen LogP contribution in [0.5, 0.6) is 0 Å². The number of carbonyl (C=O) groups is 1. The highest BCUT2D eigenvalue weighted by Gasteiger charge is 2.14. The largest absolute Gasteiger partial charge is 0.396 e. The van der Waals surface area contributed by atoms with E-state index in [-0.39, 0.29) is 5.91 Å². The summed E-state index contributed by atoms with van der Waals surface area (Å²) in [7, 11) is 1.68. The van der Waals surface area contributed by atoms with Crippen molar-refractivity contribution in [3.05, 3.63) is 41.5 Å². The van der Waals surface area contributed by atoms with Gasteiger partial charge in [-0.2, -0.15) is 5.10 Å². The van der Waals surface area contributed by atoms with Gasteiger partial charge >= 0.3 is 0 Å². The van der Waals surface area contributed by atoms with Crippen LogP contribution in [0.4, 0.5) is 5.69 Å². The summed E-state index contributed by atoms with van der Waals surface area (Å²) in [6.07, 6.45) is 3.20. The van der Waals surface area contributed by atoms with E-state index in [1.807, 2.05) is 19.1 Å². The lowest BCUT2D eigenvalue weighted by Crippen LogP contribution is -2.26. The molecule has 0 bridgehead atoms. The number of nitrogen functional groups attached to an aromatic ring is 1. The Kier molecular flexibility index (Phi) is 3.27. The number of aromatic nitrogens is 3. The van der Waals surface area contributed by atoms with Crippen molar-refractivity contribution in [2.24, 2.45) is 7.05 Å². The summed E-state index contributed by atoms with van der Waals surface area (Å²) in [5.41, 5.74) is 8.30. The molecule has 0 saturated heterocycles. The van der Waals surface area contributed by atoms with Crippen LogP contribution in [0.15, 0.2) is 24.5 Å². The van der Waals surface area contributed by atoms with Gasteiger partial charge in [-0.3, -0.25) is 14.5 Å². The van der Waals surface area contributed by atoms with E-state index in [1.54, 1.807) is 13.2 Å². The Balaban J connectivity index is 2.03. The quantitative estimate of drug-likeness (QED) is 0.830. The Hall–Kier alpha value is -2.37. The average Bonchev–Trinajstić information content (AvgIpc) is 2.68. The highest BCUT2D eigenvalue weighted by atomic mass is 16.2. The Labute approximate surface area is 105 Å². The van der Waals surface area contributed by atoms with Crippen LogP contribution in [0.2, 0.25) is 0 Å². The maximum atomic E-state index is 11.9. The van der Waals surface area contributed by atoms with Crippen LogP contribution in [0.25, 0.3) is 0 Å². The molecule has 2 heterocycles. The predicted molar refractivity (Wildman–Crippen MR) is 67.8 cm³/mol. The second kappa shape index (κ2) is 4.87. The van der Waals surface area contributed by atoms with Gasteiger partial charge in [-0.15, -0.1) is 0 Å². The first kappa shape index (κ1) is 12.1. The molecule has 0 fully saturated rings. The van der Waals surface area contributed by atoms with Gasteiger partial charge in [0.2, 0.25) is 0 Å². The molecule has 0 aliphatic heterocycles. The third kappa shape index (κ3) is 2.48. The molecule has 18 heavy (non-hydrogen) atoms. The second-order valence-corrected chi connectivity index (χ2v) is 4.06. The third-order valence-electron chi connectivity index (χ3n) is 2.61. The van der Waals surface area contributed by atoms with Crippen molar-refractivity contribution in [1.29, 1.82) is 0 Å². The van der Waals surface area contributed by atoms with Crippen LogP contribution in [-0.4, -0.2) is 20.7 Å². The third-order valence-corrected chi connectivity index (χ3v) is 2.61. The molecule has 0 saturated carbocycles. The zero-order valence-corrected chi connectivity index (χ0v) is 10.3. The van der Waals surface area contributed by atoms with Gasteiger partial charge in [-0.1, -0.05) is 6.07 Å². The van der Waals surface area contributed by atoms with Crippen LogP contribution in [0, 0.1) is 6.92 Å². The minimum Gasteiger partial charge on any atom is -0.396 e. The number of nitrogens with one attached hydrogen (secondary N) is 1. The van der Waals surface area contributed by atoms with Crippen molar-refractivity contribution in [3.8, 4) is 0 Å². The molecule has 0 aliphatic rings. The van der Waals surface area contributed by atoms with Gasteiger partial charge in [0.05, 0.1) is 11.9 Å². The summed E-state index contributed by atoms with van der Waals surface area (Å²) in [5, 5.41) is 6.71. The number of anilines is 1. The lowest BCUT2D eigenvalue weighted by Gasteiger charge is -2.06. The Morgan fingerprint density at radius 2 is 2.22 bits per heavy atom. The lowest BCUT2D eigenvalue weighted by atomic mass is 10.2.